The molecule has 1 aliphatic carbocycles. The molecule has 2 bridgehead atoms. The van der Waals surface area contributed by atoms with Crippen molar-refractivity contribution in [3.05, 3.63) is 63.3 Å². The van der Waals surface area contributed by atoms with Crippen molar-refractivity contribution in [1.29, 1.82) is 0 Å². The SMILES string of the molecule is CCOC(=O)c1ccc2nc(N3C4CCC3CC(NCc3c(-c5c(Cl)cccc5Cl)noc3C3CC3)C4)sc2c1. The van der Waals surface area contributed by atoms with E-state index in [-0.39, 0.29) is 5.97 Å². The maximum absolute atomic E-state index is 12.2. The number of hydrogen-bond donors (Lipinski definition) is 1. The van der Waals surface area contributed by atoms with Crippen molar-refractivity contribution in [2.24, 2.45) is 0 Å². The number of anilines is 1. The molecule has 40 heavy (non-hydrogen) atoms. The monoisotopic (exact) mass is 596 g/mol. The molecule has 3 aliphatic rings. The number of thiazole rings is 1. The number of benzene rings is 2. The predicted molar refractivity (Wildman–Crippen MR) is 159 cm³/mol. The number of esters is 1. The van der Waals surface area contributed by atoms with Crippen LogP contribution >= 0.6 is 34.5 Å². The highest BCUT2D eigenvalue weighted by Gasteiger charge is 2.42. The molecule has 1 saturated carbocycles. The van der Waals surface area contributed by atoms with E-state index in [1.54, 1.807) is 17.4 Å². The molecule has 2 aromatic heterocycles. The zero-order chi connectivity index (χ0) is 27.4. The number of aromatic nitrogens is 2. The fraction of sp³-hybridized carbons (Fsp3) is 0.433. The smallest absolute Gasteiger partial charge is 0.338 e. The minimum absolute atomic E-state index is 0.288. The Kier molecular flexibility index (Phi) is 6.98. The van der Waals surface area contributed by atoms with Gasteiger partial charge in [-0.25, -0.2) is 9.78 Å². The molecule has 2 aliphatic heterocycles. The van der Waals surface area contributed by atoms with Crippen LogP contribution in [0, 0.1) is 0 Å². The zero-order valence-electron chi connectivity index (χ0n) is 22.2. The van der Waals surface area contributed by atoms with E-state index in [9.17, 15) is 4.79 Å². The number of hydrogen-bond acceptors (Lipinski definition) is 8. The van der Waals surface area contributed by atoms with Gasteiger partial charge in [0.25, 0.3) is 0 Å². The molecular formula is C30H30Cl2N4O3S. The Balaban J connectivity index is 1.08. The Morgan fingerprint density at radius 3 is 2.58 bits per heavy atom. The number of ether oxygens (including phenoxy) is 1. The van der Waals surface area contributed by atoms with Gasteiger partial charge in [0.1, 0.15) is 11.5 Å². The second kappa shape index (κ2) is 10.6. The Hall–Kier alpha value is -2.65. The van der Waals surface area contributed by atoms with Crippen LogP contribution < -0.4 is 10.2 Å². The summed E-state index contributed by atoms with van der Waals surface area (Å²) in [6, 6.07) is 12.4. The van der Waals surface area contributed by atoms with Gasteiger partial charge in [0, 0.05) is 41.7 Å². The molecule has 4 aromatic rings. The van der Waals surface area contributed by atoms with E-state index < -0.39 is 0 Å². The molecule has 7 nitrogen and oxygen atoms in total. The Labute approximate surface area is 246 Å². The van der Waals surface area contributed by atoms with Gasteiger partial charge < -0.3 is 19.5 Å². The van der Waals surface area contributed by atoms with E-state index in [4.69, 9.17) is 37.4 Å². The van der Waals surface area contributed by atoms with Gasteiger partial charge >= 0.3 is 5.97 Å². The van der Waals surface area contributed by atoms with Gasteiger partial charge in [-0.3, -0.25) is 0 Å². The van der Waals surface area contributed by atoms with E-state index in [1.807, 2.05) is 37.3 Å². The number of fused-ring (bicyclic) bond motifs is 3. The van der Waals surface area contributed by atoms with Gasteiger partial charge in [0.2, 0.25) is 0 Å². The summed E-state index contributed by atoms with van der Waals surface area (Å²) >= 11 is 14.8. The highest BCUT2D eigenvalue weighted by atomic mass is 35.5. The van der Waals surface area contributed by atoms with E-state index in [0.29, 0.717) is 52.8 Å². The topological polar surface area (TPSA) is 80.5 Å². The van der Waals surface area contributed by atoms with Crippen LogP contribution in [0.1, 0.15) is 73.0 Å². The zero-order valence-corrected chi connectivity index (χ0v) is 24.5. The van der Waals surface area contributed by atoms with Crippen LogP contribution in [-0.2, 0) is 11.3 Å². The standard InChI is InChI=1S/C30H30Cl2N4O3S/c1-2-38-29(37)17-8-11-24-25(12-17)40-30(34-24)36-19-9-10-20(36)14-18(13-19)33-15-21-27(35-39-28(21)16-6-7-16)26-22(31)4-3-5-23(26)32/h3-5,8,11-12,16,18-20,33H,2,6-7,9-10,13-15H2,1H3. The van der Waals surface area contributed by atoms with Gasteiger partial charge in [-0.2, -0.15) is 0 Å². The minimum Gasteiger partial charge on any atom is -0.462 e. The first-order valence-electron chi connectivity index (χ1n) is 14.0. The summed E-state index contributed by atoms with van der Waals surface area (Å²) < 4.78 is 12.1. The average molecular weight is 598 g/mol. The van der Waals surface area contributed by atoms with Crippen molar-refractivity contribution in [3.8, 4) is 11.3 Å². The summed E-state index contributed by atoms with van der Waals surface area (Å²) in [5, 5.41) is 10.5. The average Bonchev–Trinajstić information content (AvgIpc) is 3.47. The molecule has 2 aromatic carbocycles. The lowest BCUT2D eigenvalue weighted by Crippen LogP contribution is -2.49. The van der Waals surface area contributed by atoms with Gasteiger partial charge in [-0.1, -0.05) is 45.8 Å². The third-order valence-corrected chi connectivity index (χ3v) is 10.0. The third kappa shape index (κ3) is 4.79. The van der Waals surface area contributed by atoms with Crippen LogP contribution in [0.5, 0.6) is 0 Å². The van der Waals surface area contributed by atoms with Crippen molar-refractivity contribution < 1.29 is 14.1 Å². The summed E-state index contributed by atoms with van der Waals surface area (Å²) in [7, 11) is 0. The van der Waals surface area contributed by atoms with Crippen LogP contribution in [-0.4, -0.2) is 40.8 Å². The molecule has 7 rings (SSSR count). The molecule has 208 valence electrons. The fourth-order valence-corrected chi connectivity index (χ4v) is 8.07. The van der Waals surface area contributed by atoms with Crippen LogP contribution in [0.15, 0.2) is 40.9 Å². The molecule has 2 unspecified atom stereocenters. The third-order valence-electron chi connectivity index (χ3n) is 8.38. The summed E-state index contributed by atoms with van der Waals surface area (Å²) in [6.07, 6.45) is 6.68. The highest BCUT2D eigenvalue weighted by Crippen LogP contribution is 2.46. The van der Waals surface area contributed by atoms with Gasteiger partial charge in [-0.15, -0.1) is 0 Å². The van der Waals surface area contributed by atoms with Crippen molar-refractivity contribution >= 4 is 55.9 Å². The van der Waals surface area contributed by atoms with E-state index in [1.165, 1.54) is 0 Å². The van der Waals surface area contributed by atoms with E-state index in [0.717, 1.165) is 76.5 Å². The van der Waals surface area contributed by atoms with Crippen LogP contribution in [0.25, 0.3) is 21.5 Å². The van der Waals surface area contributed by atoms with Crippen LogP contribution in [0.4, 0.5) is 5.13 Å². The largest absolute Gasteiger partial charge is 0.462 e. The van der Waals surface area contributed by atoms with Crippen LogP contribution in [0.3, 0.4) is 0 Å². The number of halogens is 2. The number of carbonyl (C=O) groups excluding carboxylic acids is 1. The second-order valence-corrected chi connectivity index (χ2v) is 12.8. The summed E-state index contributed by atoms with van der Waals surface area (Å²) in [5.74, 6) is 1.11. The molecule has 2 saturated heterocycles. The van der Waals surface area contributed by atoms with Gasteiger partial charge in [-0.05, 0) is 75.8 Å². The number of nitrogens with zero attached hydrogens (tertiary/aromatic N) is 3. The molecule has 2 atom stereocenters. The maximum atomic E-state index is 12.2. The normalized spacial score (nSPS) is 22.3. The molecule has 1 N–H and O–H groups in total. The first kappa shape index (κ1) is 26.3. The number of nitrogens with one attached hydrogen (secondary N) is 1. The summed E-state index contributed by atoms with van der Waals surface area (Å²) in [6.45, 7) is 2.86. The Morgan fingerprint density at radius 2 is 1.88 bits per heavy atom. The van der Waals surface area contributed by atoms with Crippen molar-refractivity contribution in [2.45, 2.75) is 76.0 Å². The lowest BCUT2D eigenvalue weighted by atomic mass is 9.97. The minimum atomic E-state index is -0.288. The first-order chi connectivity index (χ1) is 19.5. The summed E-state index contributed by atoms with van der Waals surface area (Å²) in [4.78, 5) is 19.7. The maximum Gasteiger partial charge on any atom is 0.338 e. The molecular weight excluding hydrogens is 567 g/mol. The number of rotatable bonds is 8. The fourth-order valence-electron chi connectivity index (χ4n) is 6.35. The quantitative estimate of drug-likeness (QED) is 0.210. The van der Waals surface area contributed by atoms with Crippen molar-refractivity contribution in [3.63, 3.8) is 0 Å². The molecule has 4 heterocycles. The number of piperidine rings is 1. The van der Waals surface area contributed by atoms with Gasteiger partial charge in [0.05, 0.1) is 32.4 Å². The highest BCUT2D eigenvalue weighted by molar-refractivity contribution is 7.22. The first-order valence-corrected chi connectivity index (χ1v) is 15.6. The Bertz CT molecular complexity index is 1550. The molecule has 0 amide bonds. The van der Waals surface area contributed by atoms with Crippen molar-refractivity contribution in [1.82, 2.24) is 15.5 Å². The van der Waals surface area contributed by atoms with Crippen LogP contribution in [0.2, 0.25) is 10.0 Å². The number of carbonyl (C=O) groups is 1. The molecule has 10 heteroatoms. The van der Waals surface area contributed by atoms with Gasteiger partial charge in [0.15, 0.2) is 5.13 Å². The second-order valence-electron chi connectivity index (χ2n) is 11.0. The van der Waals surface area contributed by atoms with E-state index >= 15 is 0 Å². The molecule has 0 spiro atoms. The molecule has 0 radical (unpaired) electrons. The lowest BCUT2D eigenvalue weighted by Gasteiger charge is -2.39. The lowest BCUT2D eigenvalue weighted by molar-refractivity contribution is 0.0526. The summed E-state index contributed by atoms with van der Waals surface area (Å²) in [5.41, 5.74) is 4.08. The van der Waals surface area contributed by atoms with Crippen molar-refractivity contribution in [2.75, 3.05) is 11.5 Å². The molecule has 3 fully saturated rings. The predicted octanol–water partition coefficient (Wildman–Crippen LogP) is 7.60. The Morgan fingerprint density at radius 1 is 1.12 bits per heavy atom. The van der Waals surface area contributed by atoms with E-state index in [2.05, 4.69) is 15.4 Å².